The highest BCUT2D eigenvalue weighted by Gasteiger charge is 2.33. The Labute approximate surface area is 129 Å². The van der Waals surface area contributed by atoms with Crippen molar-refractivity contribution in [3.63, 3.8) is 0 Å². The minimum atomic E-state index is -4.64. The molecule has 0 fully saturated rings. The van der Waals surface area contributed by atoms with Crippen molar-refractivity contribution >= 4 is 21.4 Å². The molecule has 1 heterocycles. The topological polar surface area (TPSA) is 64.8 Å². The average molecular weight is 354 g/mol. The molecule has 0 amide bonds. The van der Waals surface area contributed by atoms with Crippen LogP contribution in [0.25, 0.3) is 0 Å². The Morgan fingerprint density at radius 2 is 1.95 bits per heavy atom. The zero-order valence-electron chi connectivity index (χ0n) is 11.3. The summed E-state index contributed by atoms with van der Waals surface area (Å²) in [6.07, 6.45) is -3.30. The number of benzene rings is 1. The molecule has 0 bridgehead atoms. The Bertz CT molecular complexity index is 787. The van der Waals surface area contributed by atoms with Crippen molar-refractivity contribution in [1.29, 1.82) is 0 Å². The molecular weight excluding hydrogens is 343 g/mol. The fraction of sp³-hybridized carbons (Fsp3) is 0.333. The largest absolute Gasteiger partial charge is 0.417 e. The minimum absolute atomic E-state index is 0.0129. The number of hydrogen-bond acceptors (Lipinski definition) is 4. The fourth-order valence-corrected chi connectivity index (χ4v) is 3.49. The Morgan fingerprint density at radius 1 is 1.27 bits per heavy atom. The second kappa shape index (κ2) is 5.88. The highest BCUT2D eigenvalue weighted by molar-refractivity contribution is 7.89. The number of hydrogen-bond donors (Lipinski definition) is 0. The van der Waals surface area contributed by atoms with Crippen LogP contribution in [-0.2, 0) is 34.6 Å². The average Bonchev–Trinajstić information content (AvgIpc) is 2.75. The van der Waals surface area contributed by atoms with Crippen LogP contribution in [0.2, 0.25) is 5.02 Å². The van der Waals surface area contributed by atoms with E-state index in [0.29, 0.717) is 0 Å². The van der Waals surface area contributed by atoms with Crippen molar-refractivity contribution in [1.82, 2.24) is 14.8 Å². The summed E-state index contributed by atoms with van der Waals surface area (Å²) in [6, 6.07) is 3.04. The van der Waals surface area contributed by atoms with Crippen molar-refractivity contribution in [3.05, 3.63) is 46.5 Å². The van der Waals surface area contributed by atoms with Gasteiger partial charge in [-0.1, -0.05) is 17.7 Å². The maximum absolute atomic E-state index is 12.8. The summed E-state index contributed by atoms with van der Waals surface area (Å²) in [5.74, 6) is -0.738. The van der Waals surface area contributed by atoms with Gasteiger partial charge < -0.3 is 4.57 Å². The van der Waals surface area contributed by atoms with Crippen molar-refractivity contribution in [2.75, 3.05) is 0 Å². The highest BCUT2D eigenvalue weighted by atomic mass is 35.5. The van der Waals surface area contributed by atoms with Crippen LogP contribution < -0.4 is 0 Å². The number of rotatable bonds is 4. The van der Waals surface area contributed by atoms with Gasteiger partial charge in [-0.3, -0.25) is 0 Å². The third kappa shape index (κ3) is 3.98. The lowest BCUT2D eigenvalue weighted by molar-refractivity contribution is -0.137. The number of aromatic nitrogens is 3. The van der Waals surface area contributed by atoms with Crippen LogP contribution in [0, 0.1) is 0 Å². The van der Waals surface area contributed by atoms with Gasteiger partial charge in [0.05, 0.1) is 16.3 Å². The van der Waals surface area contributed by atoms with E-state index < -0.39 is 38.1 Å². The van der Waals surface area contributed by atoms with E-state index in [4.69, 9.17) is 11.6 Å². The molecule has 0 aliphatic rings. The molecule has 0 saturated carbocycles. The van der Waals surface area contributed by atoms with Gasteiger partial charge in [-0.2, -0.15) is 13.2 Å². The molecule has 0 unspecified atom stereocenters. The zero-order chi connectivity index (χ0) is 16.5. The molecule has 0 saturated heterocycles. The van der Waals surface area contributed by atoms with Crippen LogP contribution in [0.15, 0.2) is 24.5 Å². The smallest absolute Gasteiger partial charge is 0.320 e. The molecule has 22 heavy (non-hydrogen) atoms. The van der Waals surface area contributed by atoms with Gasteiger partial charge in [0.1, 0.15) is 17.9 Å². The van der Waals surface area contributed by atoms with E-state index in [1.807, 2.05) is 0 Å². The van der Waals surface area contributed by atoms with Crippen molar-refractivity contribution < 1.29 is 21.6 Å². The lowest BCUT2D eigenvalue weighted by Crippen LogP contribution is -2.12. The first-order chi connectivity index (χ1) is 10.1. The first kappa shape index (κ1) is 16.8. The SMILES string of the molecule is Cn1cnnc1CS(=O)(=O)Cc1ccc(Cl)c(C(F)(F)F)c1. The summed E-state index contributed by atoms with van der Waals surface area (Å²) in [5.41, 5.74) is -1.04. The van der Waals surface area contributed by atoms with Gasteiger partial charge >= 0.3 is 6.18 Å². The van der Waals surface area contributed by atoms with Crippen LogP contribution >= 0.6 is 11.6 Å². The van der Waals surface area contributed by atoms with E-state index in [1.165, 1.54) is 17.0 Å². The second-order valence-corrected chi connectivity index (χ2v) is 7.17. The molecular formula is C12H11ClF3N3O2S. The van der Waals surface area contributed by atoms with Gasteiger partial charge in [0.15, 0.2) is 9.84 Å². The van der Waals surface area contributed by atoms with E-state index >= 15 is 0 Å². The Balaban J connectivity index is 2.25. The molecule has 2 aromatic rings. The molecule has 0 aliphatic heterocycles. The molecule has 0 radical (unpaired) electrons. The predicted octanol–water partition coefficient (Wildman–Crippen LogP) is 2.60. The highest BCUT2D eigenvalue weighted by Crippen LogP contribution is 2.35. The van der Waals surface area contributed by atoms with Crippen LogP contribution in [0.5, 0.6) is 0 Å². The van der Waals surface area contributed by atoms with Crippen LogP contribution in [0.3, 0.4) is 0 Å². The van der Waals surface area contributed by atoms with Crippen molar-refractivity contribution in [2.24, 2.45) is 7.05 Å². The zero-order valence-corrected chi connectivity index (χ0v) is 12.9. The number of halogens is 4. The van der Waals surface area contributed by atoms with E-state index in [2.05, 4.69) is 10.2 Å². The maximum Gasteiger partial charge on any atom is 0.417 e. The van der Waals surface area contributed by atoms with Gasteiger partial charge in [-0.15, -0.1) is 10.2 Å². The molecule has 0 atom stereocenters. The first-order valence-electron chi connectivity index (χ1n) is 5.97. The van der Waals surface area contributed by atoms with Crippen LogP contribution in [0.1, 0.15) is 17.0 Å². The maximum atomic E-state index is 12.8. The fourth-order valence-electron chi connectivity index (χ4n) is 1.82. The monoisotopic (exact) mass is 353 g/mol. The Morgan fingerprint density at radius 3 is 2.50 bits per heavy atom. The molecule has 5 nitrogen and oxygen atoms in total. The molecule has 120 valence electrons. The predicted molar refractivity (Wildman–Crippen MR) is 73.8 cm³/mol. The third-order valence-electron chi connectivity index (χ3n) is 2.88. The number of alkyl halides is 3. The molecule has 1 aromatic carbocycles. The second-order valence-electron chi connectivity index (χ2n) is 4.70. The quantitative estimate of drug-likeness (QED) is 0.847. The summed E-state index contributed by atoms with van der Waals surface area (Å²) < 4.78 is 63.9. The van der Waals surface area contributed by atoms with Gasteiger partial charge in [0.25, 0.3) is 0 Å². The summed E-state index contributed by atoms with van der Waals surface area (Å²) >= 11 is 5.50. The van der Waals surface area contributed by atoms with Gasteiger partial charge in [0, 0.05) is 7.05 Å². The summed E-state index contributed by atoms with van der Waals surface area (Å²) in [6.45, 7) is 0. The minimum Gasteiger partial charge on any atom is -0.320 e. The summed E-state index contributed by atoms with van der Waals surface area (Å²) in [5, 5.41) is 6.73. The lowest BCUT2D eigenvalue weighted by atomic mass is 10.1. The standard InChI is InChI=1S/C12H11ClF3N3O2S/c1-19-7-17-18-11(19)6-22(20,21)5-8-2-3-10(13)9(4-8)12(14,15)16/h2-4,7H,5-6H2,1H3. The number of nitrogens with zero attached hydrogens (tertiary/aromatic N) is 3. The third-order valence-corrected chi connectivity index (χ3v) is 4.68. The first-order valence-corrected chi connectivity index (χ1v) is 8.17. The van der Waals surface area contributed by atoms with Crippen LogP contribution in [0.4, 0.5) is 13.2 Å². The summed E-state index contributed by atoms with van der Waals surface area (Å²) in [4.78, 5) is 0. The van der Waals surface area contributed by atoms with Gasteiger partial charge in [-0.05, 0) is 17.7 Å². The molecule has 1 aromatic heterocycles. The normalized spacial score (nSPS) is 12.6. The van der Waals surface area contributed by atoms with Gasteiger partial charge in [-0.25, -0.2) is 8.42 Å². The van der Waals surface area contributed by atoms with E-state index in [0.717, 1.165) is 12.1 Å². The molecule has 0 aliphatic carbocycles. The van der Waals surface area contributed by atoms with Crippen molar-refractivity contribution in [3.8, 4) is 0 Å². The molecule has 10 heteroatoms. The summed E-state index contributed by atoms with van der Waals surface area (Å²) in [7, 11) is -2.11. The van der Waals surface area contributed by atoms with Crippen LogP contribution in [-0.4, -0.2) is 23.2 Å². The van der Waals surface area contributed by atoms with Gasteiger partial charge in [0.2, 0.25) is 0 Å². The number of sulfone groups is 1. The molecule has 2 rings (SSSR count). The van der Waals surface area contributed by atoms with E-state index in [1.54, 1.807) is 7.05 Å². The van der Waals surface area contributed by atoms with E-state index in [9.17, 15) is 21.6 Å². The Hall–Kier alpha value is -1.61. The Kier molecular flexibility index (Phi) is 4.48. The molecule has 0 spiro atoms. The van der Waals surface area contributed by atoms with Crippen molar-refractivity contribution in [2.45, 2.75) is 17.7 Å². The number of aryl methyl sites for hydroxylation is 1. The molecule has 0 N–H and O–H groups in total. The van der Waals surface area contributed by atoms with E-state index in [-0.39, 0.29) is 11.4 Å². The lowest BCUT2D eigenvalue weighted by Gasteiger charge is -2.11.